The number of methoxy groups -OCH3 is 1. The van der Waals surface area contributed by atoms with Crippen LogP contribution in [0, 0.1) is 5.92 Å². The predicted molar refractivity (Wildman–Crippen MR) is 98.2 cm³/mol. The van der Waals surface area contributed by atoms with Gasteiger partial charge in [-0.05, 0) is 26.3 Å². The lowest BCUT2D eigenvalue weighted by molar-refractivity contribution is 0.125. The van der Waals surface area contributed by atoms with Crippen LogP contribution in [0.3, 0.4) is 0 Å². The Bertz CT molecular complexity index is 329. The molecule has 0 bridgehead atoms. The number of piperazine rings is 1. The standard InChI is InChI=1S/C17H37N5O/c1-6-18-17(20-16(4)14-23-5)19-12-15(3)13-22-10-8-21(7-2)9-11-22/h15-16H,6-14H2,1-5H3,(H2,18,19,20). The molecule has 0 spiro atoms. The second-order valence-electron chi connectivity index (χ2n) is 6.56. The Labute approximate surface area is 142 Å². The number of ether oxygens (including phenoxy) is 1. The van der Waals surface area contributed by atoms with Crippen molar-refractivity contribution < 1.29 is 4.74 Å². The molecule has 0 amide bonds. The van der Waals surface area contributed by atoms with Crippen molar-refractivity contribution in [2.45, 2.75) is 33.7 Å². The van der Waals surface area contributed by atoms with Crippen LogP contribution in [0.4, 0.5) is 0 Å². The minimum Gasteiger partial charge on any atom is -0.383 e. The maximum Gasteiger partial charge on any atom is 0.191 e. The minimum atomic E-state index is 0.259. The number of hydrogen-bond acceptors (Lipinski definition) is 4. The van der Waals surface area contributed by atoms with Crippen LogP contribution in [0.5, 0.6) is 0 Å². The quantitative estimate of drug-likeness (QED) is 0.486. The molecule has 136 valence electrons. The zero-order valence-corrected chi connectivity index (χ0v) is 15.8. The number of guanidine groups is 1. The SMILES string of the molecule is CCNC(=NCC(C)CN1CCN(CC)CC1)NC(C)COC. The molecular weight excluding hydrogens is 290 g/mol. The third kappa shape index (κ3) is 8.53. The Morgan fingerprint density at radius 1 is 1.13 bits per heavy atom. The average molecular weight is 328 g/mol. The highest BCUT2D eigenvalue weighted by atomic mass is 16.5. The number of rotatable bonds is 9. The normalized spacial score (nSPS) is 20.3. The molecule has 1 aliphatic rings. The smallest absolute Gasteiger partial charge is 0.191 e. The van der Waals surface area contributed by atoms with Crippen LogP contribution in [-0.2, 0) is 4.74 Å². The molecule has 1 saturated heterocycles. The second kappa shape index (κ2) is 11.6. The summed E-state index contributed by atoms with van der Waals surface area (Å²) in [5.41, 5.74) is 0. The molecule has 0 aliphatic carbocycles. The summed E-state index contributed by atoms with van der Waals surface area (Å²) in [6, 6.07) is 0.259. The summed E-state index contributed by atoms with van der Waals surface area (Å²) in [6.07, 6.45) is 0. The minimum absolute atomic E-state index is 0.259. The summed E-state index contributed by atoms with van der Waals surface area (Å²) in [5.74, 6) is 1.45. The van der Waals surface area contributed by atoms with Crippen molar-refractivity contribution in [1.82, 2.24) is 20.4 Å². The zero-order chi connectivity index (χ0) is 17.1. The monoisotopic (exact) mass is 327 g/mol. The number of nitrogens with zero attached hydrogens (tertiary/aromatic N) is 3. The topological polar surface area (TPSA) is 52.1 Å². The number of nitrogens with one attached hydrogen (secondary N) is 2. The van der Waals surface area contributed by atoms with Crippen molar-refractivity contribution in [2.24, 2.45) is 10.9 Å². The van der Waals surface area contributed by atoms with E-state index >= 15 is 0 Å². The summed E-state index contributed by atoms with van der Waals surface area (Å²) < 4.78 is 5.17. The molecule has 0 aromatic rings. The maximum atomic E-state index is 5.17. The van der Waals surface area contributed by atoms with Crippen molar-refractivity contribution in [2.75, 3.05) is 66.1 Å². The highest BCUT2D eigenvalue weighted by molar-refractivity contribution is 5.80. The molecule has 6 nitrogen and oxygen atoms in total. The van der Waals surface area contributed by atoms with Crippen LogP contribution in [0.25, 0.3) is 0 Å². The van der Waals surface area contributed by atoms with Gasteiger partial charge in [0.05, 0.1) is 6.61 Å². The fraction of sp³-hybridized carbons (Fsp3) is 0.941. The van der Waals surface area contributed by atoms with Crippen LogP contribution in [0.1, 0.15) is 27.7 Å². The van der Waals surface area contributed by atoms with Crippen molar-refractivity contribution in [3.63, 3.8) is 0 Å². The lowest BCUT2D eigenvalue weighted by Gasteiger charge is -2.35. The molecule has 1 rings (SSSR count). The van der Waals surface area contributed by atoms with E-state index in [-0.39, 0.29) is 6.04 Å². The molecule has 2 N–H and O–H groups in total. The Morgan fingerprint density at radius 2 is 1.78 bits per heavy atom. The molecule has 0 aromatic heterocycles. The van der Waals surface area contributed by atoms with Crippen LogP contribution < -0.4 is 10.6 Å². The van der Waals surface area contributed by atoms with Crippen molar-refractivity contribution >= 4 is 5.96 Å². The van der Waals surface area contributed by atoms with Crippen LogP contribution in [0.15, 0.2) is 4.99 Å². The molecule has 1 fully saturated rings. The van der Waals surface area contributed by atoms with Crippen LogP contribution in [0.2, 0.25) is 0 Å². The molecule has 6 heteroatoms. The Kier molecular flexibility index (Phi) is 10.2. The highest BCUT2D eigenvalue weighted by Crippen LogP contribution is 2.06. The first-order chi connectivity index (χ1) is 11.1. The van der Waals surface area contributed by atoms with Crippen molar-refractivity contribution in [3.8, 4) is 0 Å². The van der Waals surface area contributed by atoms with Gasteiger partial charge < -0.3 is 25.2 Å². The van der Waals surface area contributed by atoms with Gasteiger partial charge in [0.15, 0.2) is 5.96 Å². The Morgan fingerprint density at radius 3 is 2.35 bits per heavy atom. The molecule has 23 heavy (non-hydrogen) atoms. The van der Waals surface area contributed by atoms with Gasteiger partial charge in [-0.15, -0.1) is 0 Å². The van der Waals surface area contributed by atoms with E-state index in [0.29, 0.717) is 12.5 Å². The van der Waals surface area contributed by atoms with E-state index in [9.17, 15) is 0 Å². The average Bonchev–Trinajstić information content (AvgIpc) is 2.54. The molecule has 2 atom stereocenters. The summed E-state index contributed by atoms with van der Waals surface area (Å²) in [5, 5.41) is 6.69. The summed E-state index contributed by atoms with van der Waals surface area (Å²) in [4.78, 5) is 9.82. The van der Waals surface area contributed by atoms with Gasteiger partial charge >= 0.3 is 0 Å². The van der Waals surface area contributed by atoms with E-state index in [1.807, 2.05) is 0 Å². The van der Waals surface area contributed by atoms with Gasteiger partial charge in [0.2, 0.25) is 0 Å². The lowest BCUT2D eigenvalue weighted by atomic mass is 10.1. The van der Waals surface area contributed by atoms with Gasteiger partial charge in [0.25, 0.3) is 0 Å². The van der Waals surface area contributed by atoms with E-state index in [1.165, 1.54) is 32.7 Å². The fourth-order valence-corrected chi connectivity index (χ4v) is 2.88. The molecule has 0 radical (unpaired) electrons. The molecule has 1 aliphatic heterocycles. The largest absolute Gasteiger partial charge is 0.383 e. The van der Waals surface area contributed by atoms with Crippen molar-refractivity contribution in [1.29, 1.82) is 0 Å². The van der Waals surface area contributed by atoms with E-state index in [0.717, 1.165) is 25.6 Å². The zero-order valence-electron chi connectivity index (χ0n) is 15.8. The van der Waals surface area contributed by atoms with Gasteiger partial charge in [-0.1, -0.05) is 13.8 Å². The first-order valence-electron chi connectivity index (χ1n) is 9.07. The third-order valence-electron chi connectivity index (χ3n) is 4.19. The van der Waals surface area contributed by atoms with Gasteiger partial charge in [-0.3, -0.25) is 4.99 Å². The number of hydrogen-bond donors (Lipinski definition) is 2. The van der Waals surface area contributed by atoms with E-state index in [1.54, 1.807) is 7.11 Å². The first-order valence-corrected chi connectivity index (χ1v) is 9.07. The van der Waals surface area contributed by atoms with E-state index in [2.05, 4.69) is 48.1 Å². The highest BCUT2D eigenvalue weighted by Gasteiger charge is 2.17. The van der Waals surface area contributed by atoms with Gasteiger partial charge in [0.1, 0.15) is 0 Å². The van der Waals surface area contributed by atoms with Gasteiger partial charge in [-0.2, -0.15) is 0 Å². The number of likely N-dealkylation sites (N-methyl/N-ethyl adjacent to an activating group) is 1. The maximum absolute atomic E-state index is 5.17. The summed E-state index contributed by atoms with van der Waals surface area (Å²) in [6.45, 7) is 18.2. The van der Waals surface area contributed by atoms with E-state index in [4.69, 9.17) is 9.73 Å². The molecule has 0 saturated carbocycles. The Balaban J connectivity index is 2.36. The molecule has 1 heterocycles. The van der Waals surface area contributed by atoms with Crippen molar-refractivity contribution in [3.05, 3.63) is 0 Å². The van der Waals surface area contributed by atoms with Crippen LogP contribution in [-0.4, -0.2) is 87.9 Å². The molecule has 0 aromatic carbocycles. The van der Waals surface area contributed by atoms with Gasteiger partial charge in [0, 0.05) is 59.0 Å². The van der Waals surface area contributed by atoms with Gasteiger partial charge in [-0.25, -0.2) is 0 Å². The molecule has 2 unspecified atom stereocenters. The second-order valence-corrected chi connectivity index (χ2v) is 6.56. The van der Waals surface area contributed by atoms with E-state index < -0.39 is 0 Å². The van der Waals surface area contributed by atoms with Crippen LogP contribution >= 0.6 is 0 Å². The predicted octanol–water partition coefficient (Wildman–Crippen LogP) is 0.850. The molecular formula is C17H37N5O. The summed E-state index contributed by atoms with van der Waals surface area (Å²) >= 11 is 0. The lowest BCUT2D eigenvalue weighted by Crippen LogP contribution is -2.47. The Hall–Kier alpha value is -0.850. The fourth-order valence-electron chi connectivity index (χ4n) is 2.88. The number of aliphatic imine (C=N–C) groups is 1. The summed E-state index contributed by atoms with van der Waals surface area (Å²) in [7, 11) is 1.72. The first kappa shape index (κ1) is 20.2. The third-order valence-corrected chi connectivity index (χ3v) is 4.19.